The predicted octanol–water partition coefficient (Wildman–Crippen LogP) is 3.53. The number of rotatable bonds is 6. The lowest BCUT2D eigenvalue weighted by molar-refractivity contribution is 0.526. The Labute approximate surface area is 161 Å². The number of hydrogen-bond acceptors (Lipinski definition) is 5. The lowest BCUT2D eigenvalue weighted by Gasteiger charge is -2.19. The van der Waals surface area contributed by atoms with Crippen LogP contribution in [-0.2, 0) is 13.0 Å². The summed E-state index contributed by atoms with van der Waals surface area (Å²) in [6, 6.07) is 22.5. The van der Waals surface area contributed by atoms with Crippen LogP contribution >= 0.6 is 11.3 Å². The van der Waals surface area contributed by atoms with Crippen LogP contribution in [0.4, 0.5) is 0 Å². The Morgan fingerprint density at radius 2 is 1.78 bits per heavy atom. The highest BCUT2D eigenvalue weighted by atomic mass is 32.1. The molecule has 0 saturated carbocycles. The second kappa shape index (κ2) is 7.82. The van der Waals surface area contributed by atoms with E-state index in [2.05, 4.69) is 63.9 Å². The molecule has 27 heavy (non-hydrogen) atoms. The second-order valence-electron chi connectivity index (χ2n) is 6.46. The van der Waals surface area contributed by atoms with Crippen molar-refractivity contribution in [3.63, 3.8) is 0 Å². The van der Waals surface area contributed by atoms with Crippen LogP contribution in [0.2, 0.25) is 0 Å². The SMILES string of the molecule is Cc1cc(=O)n2nc(CNC(Cc3ccccc3)c3ccccc3)sc2n1. The molecule has 0 amide bonds. The number of hydrogen-bond donors (Lipinski definition) is 1. The van der Waals surface area contributed by atoms with E-state index in [0.29, 0.717) is 11.5 Å². The average Bonchev–Trinajstić information content (AvgIpc) is 3.10. The maximum absolute atomic E-state index is 12.1. The third-order valence-corrected chi connectivity index (χ3v) is 5.31. The molecule has 0 saturated heterocycles. The van der Waals surface area contributed by atoms with Crippen molar-refractivity contribution < 1.29 is 0 Å². The molecule has 0 fully saturated rings. The Balaban J connectivity index is 1.57. The molecule has 1 unspecified atom stereocenters. The summed E-state index contributed by atoms with van der Waals surface area (Å²) in [6.07, 6.45) is 0.882. The molecule has 0 aliphatic carbocycles. The number of nitrogens with zero attached hydrogens (tertiary/aromatic N) is 3. The van der Waals surface area contributed by atoms with Gasteiger partial charge >= 0.3 is 0 Å². The summed E-state index contributed by atoms with van der Waals surface area (Å²) in [7, 11) is 0. The number of fused-ring (bicyclic) bond motifs is 1. The molecular weight excluding hydrogens is 356 g/mol. The zero-order valence-electron chi connectivity index (χ0n) is 15.0. The van der Waals surface area contributed by atoms with Crippen LogP contribution in [0.1, 0.15) is 27.9 Å². The van der Waals surface area contributed by atoms with Crippen molar-refractivity contribution in [2.45, 2.75) is 25.9 Å². The molecule has 0 aliphatic rings. The van der Waals surface area contributed by atoms with Crippen molar-refractivity contribution in [2.75, 3.05) is 0 Å². The fourth-order valence-corrected chi connectivity index (χ4v) is 3.98. The number of nitrogens with one attached hydrogen (secondary N) is 1. The van der Waals surface area contributed by atoms with Crippen molar-refractivity contribution in [1.29, 1.82) is 0 Å². The first-order valence-corrected chi connectivity index (χ1v) is 9.69. The van der Waals surface area contributed by atoms with Crippen molar-refractivity contribution in [3.05, 3.63) is 98.9 Å². The Morgan fingerprint density at radius 1 is 1.07 bits per heavy atom. The highest BCUT2D eigenvalue weighted by Gasteiger charge is 2.14. The van der Waals surface area contributed by atoms with Gasteiger partial charge in [-0.2, -0.15) is 9.61 Å². The fourth-order valence-electron chi connectivity index (χ4n) is 3.08. The predicted molar refractivity (Wildman–Crippen MR) is 108 cm³/mol. The molecule has 2 heterocycles. The van der Waals surface area contributed by atoms with Crippen LogP contribution in [-0.4, -0.2) is 14.6 Å². The highest BCUT2D eigenvalue weighted by molar-refractivity contribution is 7.16. The lowest BCUT2D eigenvalue weighted by atomic mass is 9.99. The van der Waals surface area contributed by atoms with Gasteiger partial charge < -0.3 is 5.32 Å². The van der Waals surface area contributed by atoms with Gasteiger partial charge in [-0.1, -0.05) is 72.0 Å². The quantitative estimate of drug-likeness (QED) is 0.559. The molecule has 0 spiro atoms. The second-order valence-corrected chi connectivity index (χ2v) is 7.50. The summed E-state index contributed by atoms with van der Waals surface area (Å²) in [4.78, 5) is 17.1. The Kier molecular flexibility index (Phi) is 5.09. The van der Waals surface area contributed by atoms with E-state index in [1.54, 1.807) is 0 Å². The van der Waals surface area contributed by atoms with Gasteiger partial charge in [0.1, 0.15) is 5.01 Å². The minimum atomic E-state index is -0.135. The average molecular weight is 376 g/mol. The van der Waals surface area contributed by atoms with Gasteiger partial charge in [-0.3, -0.25) is 4.79 Å². The summed E-state index contributed by atoms with van der Waals surface area (Å²) >= 11 is 1.45. The summed E-state index contributed by atoms with van der Waals surface area (Å²) in [6.45, 7) is 2.41. The Morgan fingerprint density at radius 3 is 2.52 bits per heavy atom. The van der Waals surface area contributed by atoms with Crippen LogP contribution in [0.15, 0.2) is 71.5 Å². The summed E-state index contributed by atoms with van der Waals surface area (Å²) in [5.74, 6) is 0. The zero-order chi connectivity index (χ0) is 18.6. The van der Waals surface area contributed by atoms with Crippen molar-refractivity contribution in [1.82, 2.24) is 19.9 Å². The van der Waals surface area contributed by atoms with Crippen molar-refractivity contribution in [2.24, 2.45) is 0 Å². The normalized spacial score (nSPS) is 12.3. The van der Waals surface area contributed by atoms with Gasteiger partial charge in [0.05, 0.1) is 6.54 Å². The van der Waals surface area contributed by atoms with Gasteiger partial charge in [0.2, 0.25) is 4.96 Å². The molecule has 1 N–H and O–H groups in total. The third-order valence-electron chi connectivity index (χ3n) is 4.40. The van der Waals surface area contributed by atoms with Crippen molar-refractivity contribution >= 4 is 16.3 Å². The maximum Gasteiger partial charge on any atom is 0.275 e. The van der Waals surface area contributed by atoms with E-state index in [1.165, 1.54) is 33.0 Å². The molecule has 4 aromatic rings. The molecule has 1 atom stereocenters. The molecule has 0 bridgehead atoms. The standard InChI is InChI=1S/C21H20N4OS/c1-15-12-20(26)25-21(23-15)27-19(24-25)14-22-18(17-10-6-3-7-11-17)13-16-8-4-2-5-9-16/h2-12,18,22H,13-14H2,1H3. The van der Waals surface area contributed by atoms with E-state index in [-0.39, 0.29) is 11.6 Å². The van der Waals surface area contributed by atoms with Crippen LogP contribution in [0, 0.1) is 6.92 Å². The van der Waals surface area contributed by atoms with Gasteiger partial charge in [-0.25, -0.2) is 4.98 Å². The van der Waals surface area contributed by atoms with E-state index in [4.69, 9.17) is 0 Å². The number of aryl methyl sites for hydroxylation is 1. The largest absolute Gasteiger partial charge is 0.303 e. The summed E-state index contributed by atoms with van der Waals surface area (Å²) < 4.78 is 1.38. The lowest BCUT2D eigenvalue weighted by Crippen LogP contribution is -2.23. The molecule has 4 rings (SSSR count). The number of aromatic nitrogens is 3. The first-order chi connectivity index (χ1) is 13.2. The van der Waals surface area contributed by atoms with Crippen LogP contribution in [0.3, 0.4) is 0 Å². The van der Waals surface area contributed by atoms with Crippen LogP contribution in [0.25, 0.3) is 4.96 Å². The topological polar surface area (TPSA) is 59.3 Å². The Bertz CT molecular complexity index is 1090. The molecular formula is C21H20N4OS. The van der Waals surface area contributed by atoms with E-state index in [9.17, 15) is 4.79 Å². The van der Waals surface area contributed by atoms with Gasteiger partial charge in [0.15, 0.2) is 0 Å². The first-order valence-electron chi connectivity index (χ1n) is 8.88. The summed E-state index contributed by atoms with van der Waals surface area (Å²) in [5, 5.41) is 8.87. The minimum absolute atomic E-state index is 0.135. The smallest absolute Gasteiger partial charge is 0.275 e. The van der Waals surface area contributed by atoms with E-state index < -0.39 is 0 Å². The van der Waals surface area contributed by atoms with Crippen molar-refractivity contribution in [3.8, 4) is 0 Å². The molecule has 2 aromatic carbocycles. The van der Waals surface area contributed by atoms with Gasteiger partial charge in [0.25, 0.3) is 5.56 Å². The van der Waals surface area contributed by atoms with Crippen LogP contribution in [0.5, 0.6) is 0 Å². The molecule has 0 radical (unpaired) electrons. The van der Waals surface area contributed by atoms with E-state index in [0.717, 1.165) is 17.1 Å². The Hall–Kier alpha value is -2.83. The van der Waals surface area contributed by atoms with Crippen LogP contribution < -0.4 is 10.9 Å². The highest BCUT2D eigenvalue weighted by Crippen LogP contribution is 2.20. The fraction of sp³-hybridized carbons (Fsp3) is 0.190. The monoisotopic (exact) mass is 376 g/mol. The third kappa shape index (κ3) is 4.13. The van der Waals surface area contributed by atoms with Gasteiger partial charge in [-0.15, -0.1) is 0 Å². The van der Waals surface area contributed by atoms with E-state index in [1.807, 2.05) is 19.1 Å². The molecule has 2 aromatic heterocycles. The minimum Gasteiger partial charge on any atom is -0.303 e. The molecule has 0 aliphatic heterocycles. The molecule has 136 valence electrons. The first kappa shape index (κ1) is 17.6. The van der Waals surface area contributed by atoms with Gasteiger partial charge in [0, 0.05) is 17.8 Å². The molecule has 6 heteroatoms. The van der Waals surface area contributed by atoms with Gasteiger partial charge in [-0.05, 0) is 24.5 Å². The summed E-state index contributed by atoms with van der Waals surface area (Å²) in [5.41, 5.74) is 3.09. The maximum atomic E-state index is 12.1. The van der Waals surface area contributed by atoms with E-state index >= 15 is 0 Å². The molecule has 5 nitrogen and oxygen atoms in total. The zero-order valence-corrected chi connectivity index (χ0v) is 15.8. The number of benzene rings is 2.